The van der Waals surface area contributed by atoms with Gasteiger partial charge in [-0.15, -0.1) is 10.2 Å². The van der Waals surface area contributed by atoms with E-state index in [9.17, 15) is 22.8 Å². The van der Waals surface area contributed by atoms with Crippen molar-refractivity contribution in [2.24, 2.45) is 0 Å². The van der Waals surface area contributed by atoms with Crippen LogP contribution < -0.4 is 5.32 Å². The zero-order valence-corrected chi connectivity index (χ0v) is 14.9. The van der Waals surface area contributed by atoms with Crippen LogP contribution in [0.2, 0.25) is 0 Å². The molecule has 1 aliphatic heterocycles. The van der Waals surface area contributed by atoms with Crippen molar-refractivity contribution in [3.8, 4) is 11.4 Å². The molecule has 1 aliphatic rings. The molecule has 1 aromatic heterocycles. The molecule has 0 saturated carbocycles. The molecular weight excluding hydrogens is 387 g/mol. The summed E-state index contributed by atoms with van der Waals surface area (Å²) in [7, 11) is 0. The van der Waals surface area contributed by atoms with Crippen LogP contribution >= 0.6 is 0 Å². The summed E-state index contributed by atoms with van der Waals surface area (Å²) in [6, 6.07) is 9.56. The van der Waals surface area contributed by atoms with Gasteiger partial charge in [0.2, 0.25) is 11.7 Å². The highest BCUT2D eigenvalue weighted by molar-refractivity contribution is 5.98. The zero-order valence-electron chi connectivity index (χ0n) is 14.9. The fraction of sp³-hybridized carbons (Fsp3) is 0.211. The van der Waals surface area contributed by atoms with Gasteiger partial charge >= 0.3 is 6.18 Å². The van der Waals surface area contributed by atoms with Gasteiger partial charge in [0.15, 0.2) is 5.78 Å². The summed E-state index contributed by atoms with van der Waals surface area (Å²) in [4.78, 5) is 25.0. The minimum atomic E-state index is -4.48. The van der Waals surface area contributed by atoms with Gasteiger partial charge in [-0.1, -0.05) is 12.1 Å². The number of aromatic nitrogens is 4. The molecule has 29 heavy (non-hydrogen) atoms. The van der Waals surface area contributed by atoms with Crippen molar-refractivity contribution in [2.75, 3.05) is 5.32 Å². The Morgan fingerprint density at radius 3 is 2.76 bits per heavy atom. The molecule has 0 atom stereocenters. The van der Waals surface area contributed by atoms with Gasteiger partial charge in [0.25, 0.3) is 0 Å². The van der Waals surface area contributed by atoms with Crippen LogP contribution in [-0.2, 0) is 23.9 Å². The quantitative estimate of drug-likeness (QED) is 0.679. The molecule has 0 spiro atoms. The van der Waals surface area contributed by atoms with Gasteiger partial charge < -0.3 is 5.32 Å². The Kier molecular flexibility index (Phi) is 4.61. The van der Waals surface area contributed by atoms with Crippen LogP contribution in [0, 0.1) is 0 Å². The predicted molar refractivity (Wildman–Crippen MR) is 96.0 cm³/mol. The summed E-state index contributed by atoms with van der Waals surface area (Å²) in [5, 5.41) is 14.3. The summed E-state index contributed by atoms with van der Waals surface area (Å²) in [5.41, 5.74) is 1.32. The first kappa shape index (κ1) is 18.8. The number of rotatable bonds is 4. The highest BCUT2D eigenvalue weighted by Crippen LogP contribution is 2.31. The van der Waals surface area contributed by atoms with E-state index in [1.165, 1.54) is 12.1 Å². The van der Waals surface area contributed by atoms with E-state index in [-0.39, 0.29) is 29.6 Å². The van der Waals surface area contributed by atoms with Gasteiger partial charge in [-0.2, -0.15) is 18.0 Å². The lowest BCUT2D eigenvalue weighted by atomic mass is 9.99. The van der Waals surface area contributed by atoms with Crippen LogP contribution in [0.3, 0.4) is 0 Å². The van der Waals surface area contributed by atoms with E-state index in [1.807, 2.05) is 0 Å². The van der Waals surface area contributed by atoms with Crippen LogP contribution in [0.15, 0.2) is 42.5 Å². The number of carbonyl (C=O) groups is 2. The van der Waals surface area contributed by atoms with Crippen molar-refractivity contribution in [2.45, 2.75) is 25.6 Å². The predicted octanol–water partition coefficient (Wildman–Crippen LogP) is 3.13. The molecule has 0 unspecified atom stereocenters. The lowest BCUT2D eigenvalue weighted by molar-refractivity contribution is -0.137. The number of nitrogens with zero attached hydrogens (tertiary/aromatic N) is 4. The lowest BCUT2D eigenvalue weighted by Crippen LogP contribution is -2.20. The van der Waals surface area contributed by atoms with Crippen molar-refractivity contribution in [3.63, 3.8) is 0 Å². The van der Waals surface area contributed by atoms with E-state index in [0.29, 0.717) is 24.1 Å². The molecule has 0 bridgehead atoms. The maximum absolute atomic E-state index is 12.9. The van der Waals surface area contributed by atoms with Crippen molar-refractivity contribution >= 4 is 17.4 Å². The number of hydrogen-bond donors (Lipinski definition) is 1. The third-order valence-corrected chi connectivity index (χ3v) is 4.51. The topological polar surface area (TPSA) is 89.8 Å². The Morgan fingerprint density at radius 2 is 1.97 bits per heavy atom. The first-order valence-corrected chi connectivity index (χ1v) is 8.71. The number of benzene rings is 2. The van der Waals surface area contributed by atoms with E-state index < -0.39 is 11.7 Å². The van der Waals surface area contributed by atoms with Gasteiger partial charge in [0, 0.05) is 23.2 Å². The standard InChI is InChI=1S/C19H14F3N5O2/c20-19(21,22)14-3-1-2-13(9-14)18-24-26-27(25-18)10-16(28)12-4-6-15-11(8-12)5-7-17(29)23-15/h1-4,6,8-9H,5,7,10H2,(H,23,29). The molecule has 0 radical (unpaired) electrons. The van der Waals surface area contributed by atoms with E-state index in [1.54, 1.807) is 18.2 Å². The smallest absolute Gasteiger partial charge is 0.326 e. The number of hydrogen-bond acceptors (Lipinski definition) is 5. The number of aryl methyl sites for hydroxylation is 1. The van der Waals surface area contributed by atoms with Gasteiger partial charge in [-0.05, 0) is 47.5 Å². The fourth-order valence-corrected chi connectivity index (χ4v) is 3.04. The molecule has 148 valence electrons. The molecule has 3 aromatic rings. The van der Waals surface area contributed by atoms with Crippen LogP contribution in [0.4, 0.5) is 18.9 Å². The van der Waals surface area contributed by atoms with E-state index in [4.69, 9.17) is 0 Å². The average molecular weight is 401 g/mol. The van der Waals surface area contributed by atoms with Crippen molar-refractivity contribution < 1.29 is 22.8 Å². The number of tetrazole rings is 1. The van der Waals surface area contributed by atoms with Gasteiger partial charge in [0.1, 0.15) is 6.54 Å². The highest BCUT2D eigenvalue weighted by Gasteiger charge is 2.30. The average Bonchev–Trinajstić information content (AvgIpc) is 3.15. The minimum Gasteiger partial charge on any atom is -0.326 e. The Balaban J connectivity index is 1.51. The van der Waals surface area contributed by atoms with Crippen molar-refractivity contribution in [1.82, 2.24) is 20.2 Å². The maximum Gasteiger partial charge on any atom is 0.416 e. The van der Waals surface area contributed by atoms with Crippen LogP contribution in [0.1, 0.15) is 27.9 Å². The molecule has 1 N–H and O–H groups in total. The number of Topliss-reactive ketones (excluding diaryl/α,β-unsaturated/α-hetero) is 1. The van der Waals surface area contributed by atoms with E-state index in [2.05, 4.69) is 20.7 Å². The van der Waals surface area contributed by atoms with Crippen LogP contribution in [-0.4, -0.2) is 31.9 Å². The summed E-state index contributed by atoms with van der Waals surface area (Å²) < 4.78 is 38.6. The number of ketones is 1. The highest BCUT2D eigenvalue weighted by atomic mass is 19.4. The molecule has 10 heteroatoms. The number of amides is 1. The first-order valence-electron chi connectivity index (χ1n) is 8.71. The van der Waals surface area contributed by atoms with E-state index in [0.717, 1.165) is 22.5 Å². The van der Waals surface area contributed by atoms with Crippen LogP contribution in [0.5, 0.6) is 0 Å². The third kappa shape index (κ3) is 4.00. The molecule has 4 rings (SSSR count). The van der Waals surface area contributed by atoms with Gasteiger partial charge in [-0.25, -0.2) is 0 Å². The number of anilines is 1. The Bertz CT molecular complexity index is 1110. The number of carbonyl (C=O) groups excluding carboxylic acids is 2. The Morgan fingerprint density at radius 1 is 1.14 bits per heavy atom. The third-order valence-electron chi connectivity index (χ3n) is 4.51. The normalized spacial score (nSPS) is 13.7. The molecule has 0 aliphatic carbocycles. The van der Waals surface area contributed by atoms with E-state index >= 15 is 0 Å². The SMILES string of the molecule is O=C1CCc2cc(C(=O)Cn3nnc(-c4cccc(C(F)(F)F)c4)n3)ccc2N1. The van der Waals surface area contributed by atoms with Gasteiger partial charge in [0.05, 0.1) is 5.56 Å². The maximum atomic E-state index is 12.9. The zero-order chi connectivity index (χ0) is 20.6. The molecule has 0 fully saturated rings. The molecule has 7 nitrogen and oxygen atoms in total. The Labute approximate surface area is 162 Å². The van der Waals surface area contributed by atoms with Gasteiger partial charge in [-0.3, -0.25) is 9.59 Å². The molecule has 1 amide bonds. The van der Waals surface area contributed by atoms with Crippen molar-refractivity contribution in [1.29, 1.82) is 0 Å². The Hall–Kier alpha value is -3.56. The minimum absolute atomic E-state index is 0.00273. The molecule has 2 heterocycles. The largest absolute Gasteiger partial charge is 0.416 e. The van der Waals surface area contributed by atoms with Crippen LogP contribution in [0.25, 0.3) is 11.4 Å². The second-order valence-electron chi connectivity index (χ2n) is 6.57. The molecular formula is C19H14F3N5O2. The summed E-state index contributed by atoms with van der Waals surface area (Å²) in [6.07, 6.45) is -3.58. The first-order chi connectivity index (χ1) is 13.8. The summed E-state index contributed by atoms with van der Waals surface area (Å²) >= 11 is 0. The molecule has 0 saturated heterocycles. The second kappa shape index (κ2) is 7.12. The number of alkyl halides is 3. The summed E-state index contributed by atoms with van der Waals surface area (Å²) in [5.74, 6) is -0.347. The summed E-state index contributed by atoms with van der Waals surface area (Å²) in [6.45, 7) is -0.211. The number of halogens is 3. The number of fused-ring (bicyclic) bond motifs is 1. The lowest BCUT2D eigenvalue weighted by Gasteiger charge is -2.17. The molecule has 2 aromatic carbocycles. The fourth-order valence-electron chi connectivity index (χ4n) is 3.04. The van der Waals surface area contributed by atoms with Crippen molar-refractivity contribution in [3.05, 3.63) is 59.2 Å². The number of nitrogens with one attached hydrogen (secondary N) is 1. The monoisotopic (exact) mass is 401 g/mol. The second-order valence-corrected chi connectivity index (χ2v) is 6.57.